The summed E-state index contributed by atoms with van der Waals surface area (Å²) in [4.78, 5) is 24.5. The number of aryl methyl sites for hydroxylation is 1. The number of piperidine rings is 1. The van der Waals surface area contributed by atoms with Crippen molar-refractivity contribution < 1.29 is 19.0 Å². The number of nitrogens with one attached hydrogen (secondary N) is 1. The molecule has 0 saturated carbocycles. The van der Waals surface area contributed by atoms with Gasteiger partial charge in [-0.1, -0.05) is 6.07 Å². The molecule has 2 aromatic carbocycles. The van der Waals surface area contributed by atoms with Crippen molar-refractivity contribution in [3.63, 3.8) is 0 Å². The fourth-order valence-electron chi connectivity index (χ4n) is 4.40. The molecule has 8 heteroatoms. The monoisotopic (exact) mass is 464 g/mol. The minimum Gasteiger partial charge on any atom is -0.497 e. The van der Waals surface area contributed by atoms with E-state index in [0.717, 1.165) is 53.7 Å². The molecule has 1 saturated heterocycles. The molecule has 0 bridgehead atoms. The van der Waals surface area contributed by atoms with Crippen molar-refractivity contribution in [2.75, 3.05) is 45.9 Å². The average Bonchev–Trinajstić information content (AvgIpc) is 2.88. The molecule has 3 aromatic rings. The number of ether oxygens (including phenoxy) is 3. The van der Waals surface area contributed by atoms with E-state index in [0.29, 0.717) is 30.5 Å². The number of benzene rings is 2. The molecular weight excluding hydrogens is 432 g/mol. The molecule has 0 spiro atoms. The number of amides is 1. The zero-order valence-electron chi connectivity index (χ0n) is 20.3. The van der Waals surface area contributed by atoms with Crippen LogP contribution in [-0.4, -0.2) is 56.8 Å². The second-order valence-electron chi connectivity index (χ2n) is 8.51. The lowest BCUT2D eigenvalue weighted by molar-refractivity contribution is -0.125. The number of fused-ring (bicyclic) bond motifs is 1. The summed E-state index contributed by atoms with van der Waals surface area (Å²) in [5.41, 5.74) is 2.85. The normalized spacial score (nSPS) is 15.8. The smallest absolute Gasteiger partial charge is 0.226 e. The lowest BCUT2D eigenvalue weighted by Gasteiger charge is -2.32. The Morgan fingerprint density at radius 3 is 2.65 bits per heavy atom. The van der Waals surface area contributed by atoms with E-state index in [2.05, 4.69) is 10.2 Å². The number of methoxy groups -OCH3 is 3. The number of carbonyl (C=O) groups is 1. The predicted molar refractivity (Wildman–Crippen MR) is 132 cm³/mol. The van der Waals surface area contributed by atoms with Gasteiger partial charge >= 0.3 is 0 Å². The molecule has 8 nitrogen and oxygen atoms in total. The molecule has 0 aliphatic carbocycles. The van der Waals surface area contributed by atoms with E-state index in [1.807, 2.05) is 43.3 Å². The molecule has 0 radical (unpaired) electrons. The van der Waals surface area contributed by atoms with Crippen LogP contribution in [0.4, 0.5) is 5.95 Å². The summed E-state index contributed by atoms with van der Waals surface area (Å²) in [6.45, 7) is 4.00. The van der Waals surface area contributed by atoms with Gasteiger partial charge in [-0.15, -0.1) is 0 Å². The first-order valence-electron chi connectivity index (χ1n) is 11.6. The highest BCUT2D eigenvalue weighted by molar-refractivity contribution is 5.83. The molecule has 1 fully saturated rings. The maximum atomic E-state index is 12.9. The van der Waals surface area contributed by atoms with Crippen molar-refractivity contribution >= 4 is 22.8 Å². The van der Waals surface area contributed by atoms with Crippen LogP contribution in [0.1, 0.15) is 24.1 Å². The second-order valence-corrected chi connectivity index (χ2v) is 8.51. The Hall–Kier alpha value is -3.55. The van der Waals surface area contributed by atoms with Crippen molar-refractivity contribution in [2.24, 2.45) is 5.92 Å². The van der Waals surface area contributed by atoms with Crippen molar-refractivity contribution in [3.8, 4) is 17.2 Å². The van der Waals surface area contributed by atoms with E-state index in [9.17, 15) is 4.79 Å². The predicted octanol–water partition coefficient (Wildman–Crippen LogP) is 3.54. The van der Waals surface area contributed by atoms with E-state index >= 15 is 0 Å². The van der Waals surface area contributed by atoms with Crippen LogP contribution in [0.3, 0.4) is 0 Å². The summed E-state index contributed by atoms with van der Waals surface area (Å²) in [6.07, 6.45) is 2.50. The highest BCUT2D eigenvalue weighted by Gasteiger charge is 2.27. The molecule has 1 aliphatic rings. The van der Waals surface area contributed by atoms with E-state index in [1.165, 1.54) is 0 Å². The van der Waals surface area contributed by atoms with Crippen LogP contribution >= 0.6 is 0 Å². The molecule has 1 aromatic heterocycles. The van der Waals surface area contributed by atoms with Gasteiger partial charge < -0.3 is 24.4 Å². The zero-order valence-corrected chi connectivity index (χ0v) is 20.3. The average molecular weight is 465 g/mol. The Morgan fingerprint density at radius 1 is 1.06 bits per heavy atom. The summed E-state index contributed by atoms with van der Waals surface area (Å²) < 4.78 is 16.0. The highest BCUT2D eigenvalue weighted by Crippen LogP contribution is 2.28. The zero-order chi connectivity index (χ0) is 24.1. The molecular formula is C26H32N4O4. The highest BCUT2D eigenvalue weighted by atomic mass is 16.5. The Bertz CT molecular complexity index is 1170. The van der Waals surface area contributed by atoms with E-state index in [4.69, 9.17) is 24.2 Å². The molecule has 4 rings (SSSR count). The quantitative estimate of drug-likeness (QED) is 0.546. The standard InChI is InChI=1S/C26H32N4O4/c1-17-21-9-8-20(32-2)15-22(21)29-26(28-17)30-13-5-6-19(16-30)25(31)27-12-11-18-7-10-23(33-3)24(14-18)34-4/h7-10,14-15,19H,5-6,11-13,16H2,1-4H3,(H,27,31). The molecule has 1 N–H and O–H groups in total. The van der Waals surface area contributed by atoms with Gasteiger partial charge in [-0.05, 0) is 56.0 Å². The van der Waals surface area contributed by atoms with Gasteiger partial charge in [0.25, 0.3) is 0 Å². The van der Waals surface area contributed by atoms with Gasteiger partial charge in [-0.25, -0.2) is 9.97 Å². The summed E-state index contributed by atoms with van der Waals surface area (Å²) in [6, 6.07) is 11.7. The first-order chi connectivity index (χ1) is 16.5. The van der Waals surface area contributed by atoms with Crippen LogP contribution < -0.4 is 24.4 Å². The Balaban J connectivity index is 1.38. The third-order valence-electron chi connectivity index (χ3n) is 6.32. The second kappa shape index (κ2) is 10.6. The van der Waals surface area contributed by atoms with E-state index in [1.54, 1.807) is 21.3 Å². The molecule has 1 amide bonds. The lowest BCUT2D eigenvalue weighted by Crippen LogP contribution is -2.44. The summed E-state index contributed by atoms with van der Waals surface area (Å²) in [5.74, 6) is 2.80. The van der Waals surface area contributed by atoms with Crippen LogP contribution in [0.2, 0.25) is 0 Å². The fraction of sp³-hybridized carbons (Fsp3) is 0.423. The summed E-state index contributed by atoms with van der Waals surface area (Å²) >= 11 is 0. The third-order valence-corrected chi connectivity index (χ3v) is 6.32. The van der Waals surface area contributed by atoms with Crippen molar-refractivity contribution in [1.29, 1.82) is 0 Å². The molecule has 1 unspecified atom stereocenters. The molecule has 2 heterocycles. The van der Waals surface area contributed by atoms with Crippen molar-refractivity contribution in [1.82, 2.24) is 15.3 Å². The van der Waals surface area contributed by atoms with Gasteiger partial charge in [0.1, 0.15) is 5.75 Å². The van der Waals surface area contributed by atoms with Crippen LogP contribution in [0, 0.1) is 12.8 Å². The minimum absolute atomic E-state index is 0.0735. The van der Waals surface area contributed by atoms with Crippen molar-refractivity contribution in [3.05, 3.63) is 47.7 Å². The first kappa shape index (κ1) is 23.6. The van der Waals surface area contributed by atoms with Gasteiger partial charge in [0.15, 0.2) is 11.5 Å². The maximum absolute atomic E-state index is 12.9. The van der Waals surface area contributed by atoms with E-state index < -0.39 is 0 Å². The largest absolute Gasteiger partial charge is 0.497 e. The SMILES string of the molecule is COc1ccc2c(C)nc(N3CCCC(C(=O)NCCc4ccc(OC)c(OC)c4)C3)nc2c1. The first-order valence-corrected chi connectivity index (χ1v) is 11.6. The summed E-state index contributed by atoms with van der Waals surface area (Å²) in [5, 5.41) is 4.11. The maximum Gasteiger partial charge on any atom is 0.226 e. The number of aromatic nitrogens is 2. The number of rotatable bonds is 8. The van der Waals surface area contributed by atoms with Crippen LogP contribution in [0.5, 0.6) is 17.2 Å². The Labute approximate surface area is 200 Å². The fourth-order valence-corrected chi connectivity index (χ4v) is 4.40. The Morgan fingerprint density at radius 2 is 1.88 bits per heavy atom. The molecule has 1 aliphatic heterocycles. The van der Waals surface area contributed by atoms with E-state index in [-0.39, 0.29) is 11.8 Å². The Kier molecular flexibility index (Phi) is 7.35. The summed E-state index contributed by atoms with van der Waals surface area (Å²) in [7, 11) is 4.89. The number of nitrogens with zero attached hydrogens (tertiary/aromatic N) is 3. The van der Waals surface area contributed by atoms with Gasteiger partial charge in [0.2, 0.25) is 11.9 Å². The lowest BCUT2D eigenvalue weighted by atomic mass is 9.97. The van der Waals surface area contributed by atoms with Gasteiger partial charge in [0, 0.05) is 31.1 Å². The number of hydrogen-bond donors (Lipinski definition) is 1. The van der Waals surface area contributed by atoms with Gasteiger partial charge in [0.05, 0.1) is 38.5 Å². The minimum atomic E-state index is -0.0935. The topological polar surface area (TPSA) is 85.8 Å². The molecule has 34 heavy (non-hydrogen) atoms. The van der Waals surface area contributed by atoms with Crippen LogP contribution in [0.15, 0.2) is 36.4 Å². The molecule has 1 atom stereocenters. The van der Waals surface area contributed by atoms with Gasteiger partial charge in [-0.3, -0.25) is 4.79 Å². The van der Waals surface area contributed by atoms with Gasteiger partial charge in [-0.2, -0.15) is 0 Å². The van der Waals surface area contributed by atoms with Crippen LogP contribution in [0.25, 0.3) is 10.9 Å². The molecule has 180 valence electrons. The number of hydrogen-bond acceptors (Lipinski definition) is 7. The van der Waals surface area contributed by atoms with Crippen molar-refractivity contribution in [2.45, 2.75) is 26.2 Å². The van der Waals surface area contributed by atoms with Crippen LogP contribution in [-0.2, 0) is 11.2 Å². The third kappa shape index (κ3) is 5.16. The number of anilines is 1. The number of carbonyl (C=O) groups excluding carboxylic acids is 1.